The lowest BCUT2D eigenvalue weighted by Crippen LogP contribution is -2.47. The third kappa shape index (κ3) is 4.48. The molecule has 2 nitrogen and oxygen atoms in total. The summed E-state index contributed by atoms with van der Waals surface area (Å²) in [6.07, 6.45) is 2.11. The zero-order valence-corrected chi connectivity index (χ0v) is 15.4. The van der Waals surface area contributed by atoms with E-state index in [-0.39, 0.29) is 29.3 Å². The van der Waals surface area contributed by atoms with Crippen molar-refractivity contribution in [3.63, 3.8) is 0 Å². The van der Waals surface area contributed by atoms with Gasteiger partial charge in [-0.1, -0.05) is 43.5 Å². The highest BCUT2D eigenvalue weighted by Crippen LogP contribution is 2.39. The number of piperazine rings is 1. The molecule has 1 fully saturated rings. The number of hydrogen-bond donors (Lipinski definition) is 1. The van der Waals surface area contributed by atoms with Crippen molar-refractivity contribution < 1.29 is 4.39 Å². The summed E-state index contributed by atoms with van der Waals surface area (Å²) in [5.41, 5.74) is 0.562. The normalized spacial score (nSPS) is 18.6. The molecule has 1 aliphatic heterocycles. The lowest BCUT2D eigenvalue weighted by molar-refractivity contribution is 0.123. The third-order valence-electron chi connectivity index (χ3n) is 4.20. The average molecular weight is 370 g/mol. The first kappa shape index (κ1) is 20.0. The number of halogens is 4. The summed E-state index contributed by atoms with van der Waals surface area (Å²) in [7, 11) is 0. The molecule has 0 saturated carbocycles. The Morgan fingerprint density at radius 3 is 2.41 bits per heavy atom. The van der Waals surface area contributed by atoms with E-state index in [1.54, 1.807) is 6.07 Å². The minimum absolute atomic E-state index is 0. The molecular weight excluding hydrogens is 346 g/mol. The van der Waals surface area contributed by atoms with E-state index in [0.717, 1.165) is 39.0 Å². The minimum Gasteiger partial charge on any atom is -0.314 e. The maximum atomic E-state index is 14.6. The predicted octanol–water partition coefficient (Wildman–Crippen LogP) is 4.94. The van der Waals surface area contributed by atoms with Crippen molar-refractivity contribution in [2.24, 2.45) is 5.92 Å². The summed E-state index contributed by atoms with van der Waals surface area (Å²) in [5, 5.41) is 3.96. The Labute approximate surface area is 148 Å². The molecule has 0 aromatic heterocycles. The molecule has 0 amide bonds. The van der Waals surface area contributed by atoms with Crippen LogP contribution >= 0.6 is 35.6 Å². The smallest absolute Gasteiger partial charge is 0.148 e. The summed E-state index contributed by atoms with van der Waals surface area (Å²) in [6, 6.07) is 3.22. The highest BCUT2D eigenvalue weighted by Gasteiger charge is 2.31. The number of rotatable bonds is 5. The van der Waals surface area contributed by atoms with Gasteiger partial charge in [0.15, 0.2) is 0 Å². The largest absolute Gasteiger partial charge is 0.314 e. The Balaban J connectivity index is 0.00000242. The fraction of sp³-hybridized carbons (Fsp3) is 0.625. The zero-order chi connectivity index (χ0) is 15.4. The van der Waals surface area contributed by atoms with Gasteiger partial charge in [-0.3, -0.25) is 4.90 Å². The predicted molar refractivity (Wildman–Crippen MR) is 94.9 cm³/mol. The molecular formula is C16H24Cl3FN2. The molecule has 6 heteroatoms. The van der Waals surface area contributed by atoms with E-state index in [4.69, 9.17) is 23.2 Å². The van der Waals surface area contributed by atoms with E-state index >= 15 is 0 Å². The Morgan fingerprint density at radius 1 is 1.23 bits per heavy atom. The Kier molecular flexibility index (Phi) is 8.44. The van der Waals surface area contributed by atoms with Crippen LogP contribution in [0.2, 0.25) is 10.0 Å². The molecule has 1 unspecified atom stereocenters. The van der Waals surface area contributed by atoms with Gasteiger partial charge in [0.05, 0.1) is 5.02 Å². The molecule has 1 saturated heterocycles. The van der Waals surface area contributed by atoms with Crippen LogP contribution in [0.15, 0.2) is 12.1 Å². The quantitative estimate of drug-likeness (QED) is 0.740. The van der Waals surface area contributed by atoms with E-state index in [0.29, 0.717) is 16.5 Å². The van der Waals surface area contributed by atoms with Crippen molar-refractivity contribution in [3.05, 3.63) is 33.6 Å². The average Bonchev–Trinajstić information content (AvgIpc) is 2.48. The van der Waals surface area contributed by atoms with Crippen LogP contribution in [0.1, 0.15) is 38.3 Å². The van der Waals surface area contributed by atoms with Gasteiger partial charge in [0.1, 0.15) is 5.82 Å². The molecule has 0 spiro atoms. The number of benzene rings is 1. The van der Waals surface area contributed by atoms with Gasteiger partial charge in [-0.25, -0.2) is 4.39 Å². The molecule has 126 valence electrons. The summed E-state index contributed by atoms with van der Waals surface area (Å²) < 4.78 is 14.6. The topological polar surface area (TPSA) is 15.3 Å². The summed E-state index contributed by atoms with van der Waals surface area (Å²) in [5.74, 6) is -0.0331. The minimum atomic E-state index is -0.365. The van der Waals surface area contributed by atoms with Gasteiger partial charge in [-0.2, -0.15) is 0 Å². The number of hydrogen-bond acceptors (Lipinski definition) is 2. The first-order chi connectivity index (χ1) is 10.1. The molecule has 1 N–H and O–H groups in total. The van der Waals surface area contributed by atoms with Crippen molar-refractivity contribution in [2.75, 3.05) is 26.2 Å². The standard InChI is InChI=1S/C16H23Cl2FN2.ClH/c1-3-4-11(2)16(21-9-7-20-8-10-21)14-12(17)5-6-13(18)15(14)19;/h5-6,11,16,20H,3-4,7-10H2,1-2H3;1H/t11?,16-;/m1./s1. The summed E-state index contributed by atoms with van der Waals surface area (Å²) in [6.45, 7) is 7.99. The summed E-state index contributed by atoms with van der Waals surface area (Å²) >= 11 is 12.3. The van der Waals surface area contributed by atoms with E-state index in [9.17, 15) is 4.39 Å². The highest BCUT2D eigenvalue weighted by atomic mass is 35.5. The second-order valence-electron chi connectivity index (χ2n) is 5.75. The Morgan fingerprint density at radius 2 is 1.82 bits per heavy atom. The molecule has 1 heterocycles. The lowest BCUT2D eigenvalue weighted by Gasteiger charge is -2.39. The Bertz CT molecular complexity index is 479. The van der Waals surface area contributed by atoms with Gasteiger partial charge < -0.3 is 5.32 Å². The van der Waals surface area contributed by atoms with Crippen LogP contribution < -0.4 is 5.32 Å². The first-order valence-electron chi connectivity index (χ1n) is 7.64. The summed E-state index contributed by atoms with van der Waals surface area (Å²) in [4.78, 5) is 2.33. The van der Waals surface area contributed by atoms with Crippen LogP contribution in [0.4, 0.5) is 4.39 Å². The molecule has 1 aromatic rings. The molecule has 1 aromatic carbocycles. The SMILES string of the molecule is CCCC(C)[C@H](c1c(Cl)ccc(Cl)c1F)N1CCNCC1.Cl. The molecule has 0 radical (unpaired) electrons. The number of nitrogens with zero attached hydrogens (tertiary/aromatic N) is 1. The van der Waals surface area contributed by atoms with Gasteiger partial charge in [-0.15, -0.1) is 12.4 Å². The van der Waals surface area contributed by atoms with Crippen LogP contribution in [0.3, 0.4) is 0 Å². The second-order valence-corrected chi connectivity index (χ2v) is 6.57. The van der Waals surface area contributed by atoms with Crippen LogP contribution in [0.25, 0.3) is 0 Å². The molecule has 2 atom stereocenters. The van der Waals surface area contributed by atoms with E-state index in [2.05, 4.69) is 24.1 Å². The van der Waals surface area contributed by atoms with Crippen molar-refractivity contribution in [2.45, 2.75) is 32.7 Å². The van der Waals surface area contributed by atoms with Crippen LogP contribution in [-0.4, -0.2) is 31.1 Å². The second kappa shape index (κ2) is 9.29. The monoisotopic (exact) mass is 368 g/mol. The fourth-order valence-corrected chi connectivity index (χ4v) is 3.64. The Hall–Kier alpha value is -0.0600. The lowest BCUT2D eigenvalue weighted by atomic mass is 9.88. The number of nitrogens with one attached hydrogen (secondary N) is 1. The first-order valence-corrected chi connectivity index (χ1v) is 8.40. The van der Waals surface area contributed by atoms with Crippen LogP contribution in [0, 0.1) is 11.7 Å². The van der Waals surface area contributed by atoms with Gasteiger partial charge in [-0.05, 0) is 24.5 Å². The third-order valence-corrected chi connectivity index (χ3v) is 4.82. The molecule has 1 aliphatic rings. The van der Waals surface area contributed by atoms with Gasteiger partial charge in [0, 0.05) is 42.8 Å². The molecule has 0 aliphatic carbocycles. The van der Waals surface area contributed by atoms with Gasteiger partial charge in [0.2, 0.25) is 0 Å². The van der Waals surface area contributed by atoms with E-state index in [1.807, 2.05) is 0 Å². The van der Waals surface area contributed by atoms with E-state index in [1.165, 1.54) is 6.07 Å². The molecule has 2 rings (SSSR count). The molecule has 22 heavy (non-hydrogen) atoms. The molecule has 0 bridgehead atoms. The zero-order valence-electron chi connectivity index (χ0n) is 13.0. The maximum absolute atomic E-state index is 14.6. The van der Waals surface area contributed by atoms with Crippen molar-refractivity contribution in [1.29, 1.82) is 0 Å². The van der Waals surface area contributed by atoms with Crippen LogP contribution in [0.5, 0.6) is 0 Å². The van der Waals surface area contributed by atoms with Crippen molar-refractivity contribution in [1.82, 2.24) is 10.2 Å². The van der Waals surface area contributed by atoms with Crippen molar-refractivity contribution in [3.8, 4) is 0 Å². The highest BCUT2D eigenvalue weighted by molar-refractivity contribution is 6.33. The van der Waals surface area contributed by atoms with Gasteiger partial charge in [0.25, 0.3) is 0 Å². The van der Waals surface area contributed by atoms with Gasteiger partial charge >= 0.3 is 0 Å². The fourth-order valence-electron chi connectivity index (χ4n) is 3.21. The van der Waals surface area contributed by atoms with E-state index < -0.39 is 0 Å². The van der Waals surface area contributed by atoms with Crippen LogP contribution in [-0.2, 0) is 0 Å². The maximum Gasteiger partial charge on any atom is 0.148 e. The van der Waals surface area contributed by atoms with Crippen molar-refractivity contribution >= 4 is 35.6 Å².